The van der Waals surface area contributed by atoms with Crippen LogP contribution in [-0.4, -0.2) is 45.0 Å². The van der Waals surface area contributed by atoms with Gasteiger partial charge >= 0.3 is 208 Å². The molecule has 4 nitrogen and oxygen atoms in total. The van der Waals surface area contributed by atoms with E-state index in [2.05, 4.69) is 46.0 Å². The molecular formula is C28H49NO3Sn. The summed E-state index contributed by atoms with van der Waals surface area (Å²) >= 11 is -2.80. The molecule has 0 bridgehead atoms. The van der Waals surface area contributed by atoms with Gasteiger partial charge in [-0.05, 0) is 0 Å². The van der Waals surface area contributed by atoms with E-state index in [1.165, 1.54) is 55.4 Å². The summed E-state index contributed by atoms with van der Waals surface area (Å²) in [5, 5.41) is 3.31. The molecule has 0 saturated heterocycles. The Balaban J connectivity index is 3.08. The van der Waals surface area contributed by atoms with Crippen LogP contribution in [0.1, 0.15) is 78.7 Å². The van der Waals surface area contributed by atoms with Crippen LogP contribution in [0, 0.1) is 5.92 Å². The van der Waals surface area contributed by atoms with Gasteiger partial charge in [0.15, 0.2) is 0 Å². The standard InChI is InChI=1S/C16H22NO3.3C4H9.Sn/c1-12(2)5-8-16(18)17-10-9-13-6-7-14(19-3)15(11-13)20-4;3*1-3-4-2;/h5-7,11-12H,9-10H2,1-4H3,(H,17,18);3*1,3-4H2,2H3;. The third-order valence-electron chi connectivity index (χ3n) is 6.49. The molecular weight excluding hydrogens is 517 g/mol. The summed E-state index contributed by atoms with van der Waals surface area (Å²) in [6.45, 7) is 11.9. The van der Waals surface area contributed by atoms with Crippen LogP contribution in [0.2, 0.25) is 13.3 Å². The van der Waals surface area contributed by atoms with Crippen molar-refractivity contribution in [3.8, 4) is 11.5 Å². The molecule has 1 aromatic rings. The van der Waals surface area contributed by atoms with Gasteiger partial charge in [0.2, 0.25) is 0 Å². The molecule has 0 saturated carbocycles. The number of unbranched alkanes of at least 4 members (excludes halogenated alkanes) is 3. The SMILES string of the molecule is CCC[CH2][Sn]([CH2]CCC)([CH2]CCC)/[C](=C\C(C)C)C(=O)NCCc1ccc(OC)c(OC)c1. The van der Waals surface area contributed by atoms with Gasteiger partial charge in [-0.2, -0.15) is 0 Å². The van der Waals surface area contributed by atoms with Crippen LogP contribution in [0.5, 0.6) is 11.5 Å². The van der Waals surface area contributed by atoms with E-state index in [1.807, 2.05) is 18.2 Å². The van der Waals surface area contributed by atoms with Gasteiger partial charge in [0.1, 0.15) is 0 Å². The van der Waals surface area contributed by atoms with E-state index in [4.69, 9.17) is 9.47 Å². The molecule has 0 unspecified atom stereocenters. The van der Waals surface area contributed by atoms with Crippen LogP contribution in [0.3, 0.4) is 0 Å². The van der Waals surface area contributed by atoms with E-state index in [1.54, 1.807) is 14.2 Å². The number of benzene rings is 1. The van der Waals surface area contributed by atoms with Gasteiger partial charge in [0.05, 0.1) is 0 Å². The first-order chi connectivity index (χ1) is 15.9. The van der Waals surface area contributed by atoms with Crippen molar-refractivity contribution in [2.75, 3.05) is 20.8 Å². The van der Waals surface area contributed by atoms with Gasteiger partial charge in [0, 0.05) is 0 Å². The molecule has 0 aliphatic heterocycles. The molecule has 33 heavy (non-hydrogen) atoms. The number of allylic oxidation sites excluding steroid dienone is 1. The topological polar surface area (TPSA) is 47.6 Å². The molecule has 1 N–H and O–H groups in total. The molecule has 0 aliphatic carbocycles. The zero-order valence-corrected chi connectivity index (χ0v) is 25.2. The molecule has 0 atom stereocenters. The van der Waals surface area contributed by atoms with Crippen LogP contribution in [0.15, 0.2) is 27.9 Å². The molecule has 0 fully saturated rings. The molecule has 0 spiro atoms. The van der Waals surface area contributed by atoms with Crippen molar-refractivity contribution >= 4 is 24.3 Å². The molecule has 0 aliphatic rings. The van der Waals surface area contributed by atoms with E-state index >= 15 is 0 Å². The number of methoxy groups -OCH3 is 2. The zero-order chi connectivity index (χ0) is 24.7. The summed E-state index contributed by atoms with van der Waals surface area (Å²) in [6.07, 6.45) is 10.5. The summed E-state index contributed by atoms with van der Waals surface area (Å²) in [7, 11) is 3.30. The first-order valence-corrected chi connectivity index (χ1v) is 20.6. The number of ether oxygens (including phenoxy) is 2. The van der Waals surface area contributed by atoms with Crippen molar-refractivity contribution in [3.05, 3.63) is 33.4 Å². The van der Waals surface area contributed by atoms with E-state index in [-0.39, 0.29) is 5.91 Å². The van der Waals surface area contributed by atoms with E-state index in [9.17, 15) is 4.79 Å². The van der Waals surface area contributed by atoms with E-state index < -0.39 is 18.4 Å². The summed E-state index contributed by atoms with van der Waals surface area (Å²) in [5.74, 6) is 2.07. The fraction of sp³-hybridized carbons (Fsp3) is 0.679. The quantitative estimate of drug-likeness (QED) is 0.159. The van der Waals surface area contributed by atoms with Crippen molar-refractivity contribution in [1.82, 2.24) is 5.32 Å². The number of hydrogen-bond acceptors (Lipinski definition) is 3. The average Bonchev–Trinajstić information content (AvgIpc) is 2.82. The fourth-order valence-corrected chi connectivity index (χ4v) is 21.5. The van der Waals surface area contributed by atoms with Crippen LogP contribution in [0.25, 0.3) is 0 Å². The summed E-state index contributed by atoms with van der Waals surface area (Å²) < 4.78 is 15.9. The first kappa shape index (κ1) is 29.9. The molecule has 1 amide bonds. The third kappa shape index (κ3) is 9.92. The second-order valence-corrected chi connectivity index (χ2v) is 22.7. The van der Waals surface area contributed by atoms with Crippen molar-refractivity contribution < 1.29 is 14.3 Å². The maximum absolute atomic E-state index is 13.7. The number of nitrogens with one attached hydrogen (secondary N) is 1. The second-order valence-electron chi connectivity index (χ2n) is 9.61. The van der Waals surface area contributed by atoms with Crippen molar-refractivity contribution in [2.45, 2.75) is 92.9 Å². The summed E-state index contributed by atoms with van der Waals surface area (Å²) in [5.41, 5.74) is 1.14. The molecule has 0 heterocycles. The van der Waals surface area contributed by atoms with Gasteiger partial charge in [0.25, 0.3) is 0 Å². The molecule has 1 aromatic carbocycles. The average molecular weight is 566 g/mol. The molecule has 5 heteroatoms. The third-order valence-corrected chi connectivity index (χ3v) is 22.1. The van der Waals surface area contributed by atoms with Crippen molar-refractivity contribution in [3.63, 3.8) is 0 Å². The Bertz CT molecular complexity index is 708. The monoisotopic (exact) mass is 567 g/mol. The van der Waals surface area contributed by atoms with E-state index in [0.29, 0.717) is 12.5 Å². The number of rotatable bonds is 17. The number of carbonyl (C=O) groups is 1. The van der Waals surface area contributed by atoms with Crippen molar-refractivity contribution in [1.29, 1.82) is 0 Å². The maximum atomic E-state index is 13.7. The second kappa shape index (κ2) is 16.5. The van der Waals surface area contributed by atoms with Crippen LogP contribution in [0.4, 0.5) is 0 Å². The predicted octanol–water partition coefficient (Wildman–Crippen LogP) is 7.33. The normalized spacial score (nSPS) is 12.2. The number of amides is 1. The van der Waals surface area contributed by atoms with Gasteiger partial charge in [-0.15, -0.1) is 0 Å². The Labute approximate surface area is 207 Å². The van der Waals surface area contributed by atoms with Gasteiger partial charge in [-0.25, -0.2) is 0 Å². The van der Waals surface area contributed by atoms with Crippen LogP contribution >= 0.6 is 0 Å². The fourth-order valence-electron chi connectivity index (χ4n) is 4.60. The Hall–Kier alpha value is -1.17. The number of carbonyl (C=O) groups excluding carboxylic acids is 1. The Kier molecular flexibility index (Phi) is 14.9. The Morgan fingerprint density at radius 2 is 1.48 bits per heavy atom. The molecule has 0 aromatic heterocycles. The Morgan fingerprint density at radius 3 is 1.94 bits per heavy atom. The first-order valence-electron chi connectivity index (χ1n) is 13.1. The molecule has 188 valence electrons. The van der Waals surface area contributed by atoms with Gasteiger partial charge < -0.3 is 0 Å². The van der Waals surface area contributed by atoms with Crippen LogP contribution in [-0.2, 0) is 11.2 Å². The summed E-state index contributed by atoms with van der Waals surface area (Å²) in [4.78, 5) is 13.7. The summed E-state index contributed by atoms with van der Waals surface area (Å²) in [6, 6.07) is 5.98. The Morgan fingerprint density at radius 1 is 0.939 bits per heavy atom. The van der Waals surface area contributed by atoms with Crippen molar-refractivity contribution in [2.24, 2.45) is 5.92 Å². The van der Waals surface area contributed by atoms with Crippen LogP contribution < -0.4 is 14.8 Å². The minimum absolute atomic E-state index is 0.211. The number of hydrogen-bond donors (Lipinski definition) is 1. The van der Waals surface area contributed by atoms with Gasteiger partial charge in [-0.3, -0.25) is 0 Å². The van der Waals surface area contributed by atoms with E-state index in [0.717, 1.165) is 23.5 Å². The zero-order valence-electron chi connectivity index (χ0n) is 22.4. The minimum atomic E-state index is -2.80. The molecule has 1 rings (SSSR count). The van der Waals surface area contributed by atoms with Gasteiger partial charge in [-0.1, -0.05) is 0 Å². The molecule has 0 radical (unpaired) electrons. The predicted molar refractivity (Wildman–Crippen MR) is 144 cm³/mol.